The molecule has 2 aliphatic heterocycles. The van der Waals surface area contributed by atoms with Gasteiger partial charge in [0.2, 0.25) is 0 Å². The third kappa shape index (κ3) is 8.41. The number of aromatic amines is 1. The van der Waals surface area contributed by atoms with E-state index in [2.05, 4.69) is 86.9 Å². The van der Waals surface area contributed by atoms with Crippen LogP contribution in [0.4, 0.5) is 11.5 Å². The number of piperidine rings is 1. The van der Waals surface area contributed by atoms with Gasteiger partial charge < -0.3 is 29.9 Å². The Balaban J connectivity index is 0.879. The summed E-state index contributed by atoms with van der Waals surface area (Å²) in [6.07, 6.45) is 13.8. The lowest BCUT2D eigenvalue weighted by Gasteiger charge is -2.56. The molecule has 9 rings (SSSR count). The number of ether oxygens (including phenoxy) is 1. The Kier molecular flexibility index (Phi) is 11.2. The Hall–Kier alpha value is -5.18. The number of H-pyrrole nitrogens is 1. The number of hydrogen-bond acceptors (Lipinski definition) is 11. The van der Waals surface area contributed by atoms with E-state index in [1.807, 2.05) is 12.1 Å². The van der Waals surface area contributed by atoms with Gasteiger partial charge in [-0.25, -0.2) is 23.1 Å². The molecule has 61 heavy (non-hydrogen) atoms. The van der Waals surface area contributed by atoms with Crippen LogP contribution in [0.1, 0.15) is 98.7 Å². The Labute approximate surface area is 359 Å². The highest BCUT2D eigenvalue weighted by atomic mass is 32.2. The van der Waals surface area contributed by atoms with Crippen molar-refractivity contribution in [1.82, 2.24) is 29.5 Å². The van der Waals surface area contributed by atoms with E-state index in [9.17, 15) is 18.3 Å². The normalized spacial score (nSPS) is 21.8. The van der Waals surface area contributed by atoms with Gasteiger partial charge in [0.1, 0.15) is 34.3 Å². The van der Waals surface area contributed by atoms with E-state index < -0.39 is 15.9 Å². The predicted octanol–water partition coefficient (Wildman–Crippen LogP) is 8.04. The topological polar surface area (TPSA) is 156 Å². The number of rotatable bonds is 13. The van der Waals surface area contributed by atoms with Gasteiger partial charge >= 0.3 is 0 Å². The second kappa shape index (κ2) is 16.6. The van der Waals surface area contributed by atoms with Crippen molar-refractivity contribution >= 4 is 38.5 Å². The summed E-state index contributed by atoms with van der Waals surface area (Å²) in [7, 11) is -0.238. The molecule has 3 aromatic heterocycles. The molecule has 14 heteroatoms. The molecular formula is C47H58N8O5S. The van der Waals surface area contributed by atoms with Crippen LogP contribution in [0.5, 0.6) is 17.2 Å². The molecule has 2 saturated carbocycles. The van der Waals surface area contributed by atoms with Gasteiger partial charge in [-0.05, 0) is 125 Å². The van der Waals surface area contributed by atoms with Crippen molar-refractivity contribution in [3.63, 3.8) is 0 Å². The zero-order valence-electron chi connectivity index (χ0n) is 35.6. The summed E-state index contributed by atoms with van der Waals surface area (Å²) in [5, 5.41) is 14.8. The molecule has 4 N–H and O–H groups in total. The van der Waals surface area contributed by atoms with Crippen LogP contribution in [0.15, 0.2) is 84.1 Å². The highest BCUT2D eigenvalue weighted by molar-refractivity contribution is 7.90. The summed E-state index contributed by atoms with van der Waals surface area (Å²) in [6.45, 7) is 8.06. The summed E-state index contributed by atoms with van der Waals surface area (Å²) >= 11 is 0. The number of anilines is 2. The minimum absolute atomic E-state index is 0.0463. The Morgan fingerprint density at radius 2 is 1.80 bits per heavy atom. The SMILES string of the molecule is CC(C)c1ccccc1[C@@H]1CCCN1C1CC2(CCN(c3cc(Oc4cnc5[nH]ccc5c4)c(C(=O)NS(=O)(=O)c4ccc(NCC5CC(N(C)C)C5)c(O)c4)cn3)CC2)C1. The number of fused-ring (bicyclic) bond motifs is 1. The number of phenolic OH excluding ortho intramolecular Hbond substituents is 1. The molecule has 2 aliphatic carbocycles. The Morgan fingerprint density at radius 3 is 2.56 bits per heavy atom. The molecule has 0 radical (unpaired) electrons. The van der Waals surface area contributed by atoms with Gasteiger partial charge in [-0.15, -0.1) is 0 Å². The van der Waals surface area contributed by atoms with Crippen molar-refractivity contribution in [3.8, 4) is 17.2 Å². The molecule has 2 aromatic carbocycles. The van der Waals surface area contributed by atoms with Gasteiger partial charge in [0.15, 0.2) is 0 Å². The molecule has 2 saturated heterocycles. The van der Waals surface area contributed by atoms with Gasteiger partial charge in [-0.3, -0.25) is 9.69 Å². The van der Waals surface area contributed by atoms with Crippen LogP contribution >= 0.6 is 0 Å². The third-order valence-electron chi connectivity index (χ3n) is 14.0. The second-order valence-corrected chi connectivity index (χ2v) is 20.1. The molecule has 0 unspecified atom stereocenters. The minimum atomic E-state index is -4.38. The number of sulfonamides is 1. The van der Waals surface area contributed by atoms with Crippen molar-refractivity contribution in [2.45, 2.75) is 94.2 Å². The van der Waals surface area contributed by atoms with Crippen molar-refractivity contribution in [2.75, 3.05) is 50.5 Å². The molecule has 0 bridgehead atoms. The van der Waals surface area contributed by atoms with Gasteiger partial charge in [0.05, 0.1) is 16.8 Å². The summed E-state index contributed by atoms with van der Waals surface area (Å²) in [4.78, 5) is 33.1. The first-order valence-electron chi connectivity index (χ1n) is 21.9. The maximum atomic E-state index is 13.9. The van der Waals surface area contributed by atoms with Crippen molar-refractivity contribution in [3.05, 3.63) is 95.9 Å². The predicted molar refractivity (Wildman–Crippen MR) is 238 cm³/mol. The van der Waals surface area contributed by atoms with E-state index in [0.717, 1.165) is 56.8 Å². The Morgan fingerprint density at radius 1 is 1.02 bits per heavy atom. The van der Waals surface area contributed by atoms with E-state index in [1.165, 1.54) is 55.1 Å². The third-order valence-corrected chi connectivity index (χ3v) is 15.3. The zero-order valence-corrected chi connectivity index (χ0v) is 36.4. The lowest BCUT2D eigenvalue weighted by atomic mass is 9.60. The molecule has 1 amide bonds. The first-order chi connectivity index (χ1) is 29.3. The number of likely N-dealkylation sites (tertiary alicyclic amines) is 1. The number of pyridine rings is 2. The monoisotopic (exact) mass is 846 g/mol. The van der Waals surface area contributed by atoms with Crippen LogP contribution in [0.25, 0.3) is 11.0 Å². The van der Waals surface area contributed by atoms with Gasteiger partial charge in [0, 0.05) is 67.7 Å². The molecule has 1 atom stereocenters. The lowest BCUT2D eigenvalue weighted by molar-refractivity contribution is -0.0228. The number of phenols is 1. The zero-order chi connectivity index (χ0) is 42.5. The molecule has 5 heterocycles. The standard InChI is InChI=1S/C47H58N8O5S/c1-30(2)37-8-5-6-9-38(37)41-10-7-17-55(41)34-25-47(26-34)14-18-54(19-15-47)44-24-43(60-35-22-32-13-16-48-45(32)51-28-35)39(29-50-44)46(57)52-61(58,59)36-11-12-40(42(56)23-36)49-27-31-20-33(21-31)53(3)4/h5-6,8-9,11-13,16,22-24,28-31,33-34,41,49,56H,7,10,14-15,17-21,25-27H2,1-4H3,(H,48,51)(H,52,57)/t31?,33?,41-/m0/s1. The van der Waals surface area contributed by atoms with Gasteiger partial charge in [-0.1, -0.05) is 38.1 Å². The van der Waals surface area contributed by atoms with Crippen LogP contribution < -0.4 is 19.7 Å². The maximum absolute atomic E-state index is 13.9. The second-order valence-electron chi connectivity index (χ2n) is 18.4. The van der Waals surface area contributed by atoms with E-state index >= 15 is 0 Å². The summed E-state index contributed by atoms with van der Waals surface area (Å²) in [6, 6.07) is 20.1. The van der Waals surface area contributed by atoms with Crippen LogP contribution in [-0.4, -0.2) is 96.5 Å². The number of aromatic hydroxyl groups is 1. The number of aromatic nitrogens is 3. The molecule has 4 fully saturated rings. The maximum Gasteiger partial charge on any atom is 0.270 e. The van der Waals surface area contributed by atoms with Crippen LogP contribution in [0, 0.1) is 11.3 Å². The summed E-state index contributed by atoms with van der Waals surface area (Å²) < 4.78 is 35.7. The number of carbonyl (C=O) groups is 1. The van der Waals surface area contributed by atoms with Crippen LogP contribution in [0.2, 0.25) is 0 Å². The lowest BCUT2D eigenvalue weighted by Crippen LogP contribution is -2.55. The van der Waals surface area contributed by atoms with Crippen molar-refractivity contribution in [1.29, 1.82) is 0 Å². The quantitative estimate of drug-likeness (QED) is 0.0852. The Bertz CT molecular complexity index is 2500. The average molecular weight is 847 g/mol. The fraction of sp³-hybridized carbons (Fsp3) is 0.468. The molecule has 322 valence electrons. The summed E-state index contributed by atoms with van der Waals surface area (Å²) in [5.41, 5.74) is 4.37. The first-order valence-corrected chi connectivity index (χ1v) is 23.3. The highest BCUT2D eigenvalue weighted by Crippen LogP contribution is 2.54. The average Bonchev–Trinajstić information content (AvgIpc) is 3.89. The number of nitrogens with zero attached hydrogens (tertiary/aromatic N) is 5. The fourth-order valence-corrected chi connectivity index (χ4v) is 11.2. The largest absolute Gasteiger partial charge is 0.506 e. The van der Waals surface area contributed by atoms with E-state index in [-0.39, 0.29) is 22.0 Å². The number of amides is 1. The molecular weight excluding hydrogens is 789 g/mol. The molecule has 4 aliphatic rings. The fourth-order valence-electron chi connectivity index (χ4n) is 10.3. The minimum Gasteiger partial charge on any atom is -0.506 e. The van der Waals surface area contributed by atoms with Gasteiger partial charge in [0.25, 0.3) is 15.9 Å². The first kappa shape index (κ1) is 41.2. The van der Waals surface area contributed by atoms with E-state index in [0.29, 0.717) is 64.8 Å². The van der Waals surface area contributed by atoms with Crippen molar-refractivity contribution < 1.29 is 23.1 Å². The number of nitrogens with one attached hydrogen (secondary N) is 3. The van der Waals surface area contributed by atoms with E-state index in [1.54, 1.807) is 18.5 Å². The molecule has 1 spiro atoms. The van der Waals surface area contributed by atoms with E-state index in [4.69, 9.17) is 9.72 Å². The smallest absolute Gasteiger partial charge is 0.270 e. The van der Waals surface area contributed by atoms with Gasteiger partial charge in [-0.2, -0.15) is 0 Å². The van der Waals surface area contributed by atoms with Crippen LogP contribution in [-0.2, 0) is 10.0 Å². The van der Waals surface area contributed by atoms with Crippen molar-refractivity contribution in [2.24, 2.45) is 11.3 Å². The number of carbonyl (C=O) groups excluding carboxylic acids is 1. The number of benzene rings is 2. The highest BCUT2D eigenvalue weighted by Gasteiger charge is 2.50. The summed E-state index contributed by atoms with van der Waals surface area (Å²) in [5.74, 6) is 1.08. The molecule has 13 nitrogen and oxygen atoms in total. The number of hydrogen-bond donors (Lipinski definition) is 4. The van der Waals surface area contributed by atoms with Crippen LogP contribution in [0.3, 0.4) is 0 Å². The molecule has 5 aromatic rings.